The molecule has 33 heavy (non-hydrogen) atoms. The van der Waals surface area contributed by atoms with Crippen LogP contribution in [0.2, 0.25) is 0 Å². The Morgan fingerprint density at radius 1 is 0.788 bits per heavy atom. The number of anilines is 2. The maximum absolute atomic E-state index is 12.7. The molecule has 3 N–H and O–H groups in total. The Kier molecular flexibility index (Phi) is 5.55. The van der Waals surface area contributed by atoms with Gasteiger partial charge in [0.25, 0.3) is 0 Å². The molecule has 0 spiro atoms. The van der Waals surface area contributed by atoms with E-state index in [-0.39, 0.29) is 12.1 Å². The molecular weight excluding hydrogens is 408 g/mol. The van der Waals surface area contributed by atoms with E-state index >= 15 is 0 Å². The van der Waals surface area contributed by atoms with Crippen molar-refractivity contribution in [2.75, 3.05) is 17.7 Å². The van der Waals surface area contributed by atoms with Crippen LogP contribution in [0.4, 0.5) is 16.2 Å². The molecule has 0 radical (unpaired) electrons. The zero-order valence-corrected chi connectivity index (χ0v) is 18.7. The number of fused-ring (bicyclic) bond motifs is 2. The van der Waals surface area contributed by atoms with Crippen LogP contribution >= 0.6 is 0 Å². The van der Waals surface area contributed by atoms with Crippen LogP contribution in [0, 0.1) is 0 Å². The lowest BCUT2D eigenvalue weighted by Gasteiger charge is -2.20. The van der Waals surface area contributed by atoms with Crippen molar-refractivity contribution in [1.82, 2.24) is 9.88 Å². The maximum atomic E-state index is 12.7. The van der Waals surface area contributed by atoms with Crippen molar-refractivity contribution < 1.29 is 4.79 Å². The average molecular weight is 435 g/mol. The van der Waals surface area contributed by atoms with Gasteiger partial charge in [-0.2, -0.15) is 0 Å². The van der Waals surface area contributed by atoms with Crippen LogP contribution in [0.15, 0.2) is 97.2 Å². The number of amides is 2. The van der Waals surface area contributed by atoms with Crippen LogP contribution in [-0.4, -0.2) is 17.6 Å². The molecule has 0 saturated heterocycles. The molecule has 5 rings (SSSR count). The Balaban J connectivity index is 1.37. The minimum absolute atomic E-state index is 0.00130. The second-order valence-corrected chi connectivity index (χ2v) is 8.19. The fourth-order valence-electron chi connectivity index (χ4n) is 4.45. The summed E-state index contributed by atoms with van der Waals surface area (Å²) in [6.07, 6.45) is 2.01. The first-order valence-corrected chi connectivity index (χ1v) is 11.0. The van der Waals surface area contributed by atoms with Gasteiger partial charge in [-0.05, 0) is 65.3 Å². The number of aryl methyl sites for hydroxylation is 1. The Morgan fingerprint density at radius 2 is 1.55 bits per heavy atom. The molecule has 0 bridgehead atoms. The number of hydrogen-bond donors (Lipinski definition) is 3. The largest absolute Gasteiger partial charge is 0.351 e. The molecule has 1 aromatic heterocycles. The quantitative estimate of drug-likeness (QED) is 0.305. The second-order valence-electron chi connectivity index (χ2n) is 8.19. The topological polar surface area (TPSA) is 58.1 Å². The second kappa shape index (κ2) is 8.81. The molecule has 4 aromatic carbocycles. The molecule has 164 valence electrons. The Labute approximate surface area is 193 Å². The third-order valence-corrected chi connectivity index (χ3v) is 6.04. The Bertz CT molecular complexity index is 1450. The van der Waals surface area contributed by atoms with E-state index in [2.05, 4.69) is 69.0 Å². The molecule has 0 aliphatic rings. The van der Waals surface area contributed by atoms with Gasteiger partial charge in [-0.15, -0.1) is 0 Å². The highest BCUT2D eigenvalue weighted by Gasteiger charge is 2.15. The third kappa shape index (κ3) is 4.19. The van der Waals surface area contributed by atoms with E-state index in [0.717, 1.165) is 27.8 Å². The van der Waals surface area contributed by atoms with Crippen LogP contribution in [0.1, 0.15) is 17.2 Å². The summed E-state index contributed by atoms with van der Waals surface area (Å²) in [6, 6.07) is 30.4. The van der Waals surface area contributed by atoms with Gasteiger partial charge in [-0.1, -0.05) is 54.6 Å². The van der Waals surface area contributed by atoms with Crippen LogP contribution < -0.4 is 16.0 Å². The molecule has 0 saturated carbocycles. The van der Waals surface area contributed by atoms with Crippen LogP contribution in [0.25, 0.3) is 21.7 Å². The number of hydrogen-bond acceptors (Lipinski definition) is 2. The number of benzene rings is 4. The number of nitrogens with one attached hydrogen (secondary N) is 3. The lowest BCUT2D eigenvalue weighted by Crippen LogP contribution is -2.21. The number of aromatic nitrogens is 1. The monoisotopic (exact) mass is 434 g/mol. The standard InChI is InChI=1S/C28H26N4O/c1-29-27(25-12-6-8-19-7-3-4-11-24(19)25)21-9-5-10-22(18-21)30-28(33)31-23-13-14-26-20(17-23)15-16-32(26)2/h3-18,27,29H,1-2H3,(H2,30,31,33). The Morgan fingerprint density at radius 3 is 2.39 bits per heavy atom. The molecule has 0 aliphatic carbocycles. The zero-order chi connectivity index (χ0) is 22.8. The molecular formula is C28H26N4O. The Hall–Kier alpha value is -4.09. The van der Waals surface area contributed by atoms with E-state index in [4.69, 9.17) is 0 Å². The summed E-state index contributed by atoms with van der Waals surface area (Å²) in [5.74, 6) is 0. The van der Waals surface area contributed by atoms with E-state index in [9.17, 15) is 4.79 Å². The van der Waals surface area contributed by atoms with Gasteiger partial charge in [0.15, 0.2) is 0 Å². The van der Waals surface area contributed by atoms with E-state index < -0.39 is 0 Å². The predicted molar refractivity (Wildman–Crippen MR) is 137 cm³/mol. The highest BCUT2D eigenvalue weighted by Crippen LogP contribution is 2.30. The number of rotatable bonds is 5. The number of urea groups is 1. The first-order chi connectivity index (χ1) is 16.1. The van der Waals surface area contributed by atoms with Crippen molar-refractivity contribution in [3.05, 3.63) is 108 Å². The van der Waals surface area contributed by atoms with Crippen molar-refractivity contribution in [2.45, 2.75) is 6.04 Å². The van der Waals surface area contributed by atoms with Gasteiger partial charge in [0.1, 0.15) is 0 Å². The normalized spacial score (nSPS) is 12.1. The van der Waals surface area contributed by atoms with Crippen LogP contribution in [0.5, 0.6) is 0 Å². The van der Waals surface area contributed by atoms with E-state index in [1.807, 2.05) is 62.8 Å². The van der Waals surface area contributed by atoms with Gasteiger partial charge in [0.05, 0.1) is 6.04 Å². The summed E-state index contributed by atoms with van der Waals surface area (Å²) in [4.78, 5) is 12.7. The number of carbonyl (C=O) groups excluding carboxylic acids is 1. The summed E-state index contributed by atoms with van der Waals surface area (Å²) in [7, 11) is 3.96. The fourth-order valence-corrected chi connectivity index (χ4v) is 4.45. The van der Waals surface area contributed by atoms with Crippen molar-refractivity contribution in [3.63, 3.8) is 0 Å². The molecule has 1 unspecified atom stereocenters. The molecule has 2 amide bonds. The zero-order valence-electron chi connectivity index (χ0n) is 18.7. The number of nitrogens with zero attached hydrogens (tertiary/aromatic N) is 1. The molecule has 0 fully saturated rings. The lowest BCUT2D eigenvalue weighted by atomic mass is 9.93. The first-order valence-electron chi connectivity index (χ1n) is 11.0. The van der Waals surface area contributed by atoms with Gasteiger partial charge in [-0.3, -0.25) is 0 Å². The van der Waals surface area contributed by atoms with Gasteiger partial charge >= 0.3 is 6.03 Å². The fraction of sp³-hybridized carbons (Fsp3) is 0.107. The maximum Gasteiger partial charge on any atom is 0.323 e. The summed E-state index contributed by atoms with van der Waals surface area (Å²) < 4.78 is 2.05. The SMILES string of the molecule is CNC(c1cccc(NC(=O)Nc2ccc3c(ccn3C)c2)c1)c1cccc2ccccc12. The molecule has 5 nitrogen and oxygen atoms in total. The minimum Gasteiger partial charge on any atom is -0.351 e. The third-order valence-electron chi connectivity index (χ3n) is 6.04. The first kappa shape index (κ1) is 20.8. The number of carbonyl (C=O) groups is 1. The highest BCUT2D eigenvalue weighted by molar-refractivity contribution is 6.01. The molecule has 5 aromatic rings. The average Bonchev–Trinajstić information content (AvgIpc) is 3.20. The van der Waals surface area contributed by atoms with Crippen LogP contribution in [-0.2, 0) is 7.05 Å². The molecule has 5 heteroatoms. The van der Waals surface area contributed by atoms with Gasteiger partial charge in [-0.25, -0.2) is 4.79 Å². The molecule has 1 heterocycles. The highest BCUT2D eigenvalue weighted by atomic mass is 16.2. The van der Waals surface area contributed by atoms with Gasteiger partial charge in [0, 0.05) is 35.5 Å². The van der Waals surface area contributed by atoms with Gasteiger partial charge in [0.2, 0.25) is 0 Å². The van der Waals surface area contributed by atoms with Crippen molar-refractivity contribution in [2.24, 2.45) is 7.05 Å². The van der Waals surface area contributed by atoms with Crippen molar-refractivity contribution >= 4 is 39.1 Å². The van der Waals surface area contributed by atoms with Crippen molar-refractivity contribution in [1.29, 1.82) is 0 Å². The lowest BCUT2D eigenvalue weighted by molar-refractivity contribution is 0.262. The minimum atomic E-state index is -0.270. The summed E-state index contributed by atoms with van der Waals surface area (Å²) >= 11 is 0. The smallest absolute Gasteiger partial charge is 0.323 e. The van der Waals surface area contributed by atoms with E-state index in [0.29, 0.717) is 0 Å². The summed E-state index contributed by atoms with van der Waals surface area (Å²) in [5, 5.41) is 12.8. The van der Waals surface area contributed by atoms with Crippen molar-refractivity contribution in [3.8, 4) is 0 Å². The van der Waals surface area contributed by atoms with E-state index in [1.165, 1.54) is 16.3 Å². The molecule has 0 aliphatic heterocycles. The van der Waals surface area contributed by atoms with Gasteiger partial charge < -0.3 is 20.5 Å². The molecule has 1 atom stereocenters. The summed E-state index contributed by atoms with van der Waals surface area (Å²) in [5.41, 5.74) is 4.91. The predicted octanol–water partition coefficient (Wildman–Crippen LogP) is 6.28. The summed E-state index contributed by atoms with van der Waals surface area (Å²) in [6.45, 7) is 0. The van der Waals surface area contributed by atoms with E-state index in [1.54, 1.807) is 0 Å². The van der Waals surface area contributed by atoms with Crippen LogP contribution in [0.3, 0.4) is 0 Å².